The predicted molar refractivity (Wildman–Crippen MR) is 552 cm³/mol. The summed E-state index contributed by atoms with van der Waals surface area (Å²) in [6.07, 6.45) is 0. The van der Waals surface area contributed by atoms with Gasteiger partial charge in [-0.05, 0) is 295 Å². The van der Waals surface area contributed by atoms with Gasteiger partial charge in [0.15, 0.2) is 0 Å². The second kappa shape index (κ2) is 30.6. The first-order valence-corrected chi connectivity index (χ1v) is 46.4. The molecule has 3 nitrogen and oxygen atoms in total. The van der Waals surface area contributed by atoms with Crippen molar-refractivity contribution in [2.24, 2.45) is 0 Å². The van der Waals surface area contributed by atoms with Crippen LogP contribution in [0.15, 0.2) is 303 Å². The van der Waals surface area contributed by atoms with Crippen LogP contribution in [0, 0.1) is 0 Å². The largest absolute Gasteiger partial charge is 0.311 e. The van der Waals surface area contributed by atoms with E-state index >= 15 is 0 Å². The summed E-state index contributed by atoms with van der Waals surface area (Å²) in [6.45, 7) is 60.7. The molecule has 4 heteroatoms. The molecule has 0 saturated heterocycles. The van der Waals surface area contributed by atoms with Crippen LogP contribution in [0.2, 0.25) is 0 Å². The first-order valence-electron chi connectivity index (χ1n) is 46.4. The summed E-state index contributed by atoms with van der Waals surface area (Å²) in [6, 6.07) is 120. The summed E-state index contributed by atoms with van der Waals surface area (Å²) in [7, 11) is 0. The van der Waals surface area contributed by atoms with Crippen LogP contribution >= 0.6 is 0 Å². The fourth-order valence-corrected chi connectivity index (χ4v) is 20.0. The van der Waals surface area contributed by atoms with Crippen molar-refractivity contribution in [1.29, 1.82) is 0 Å². The molecule has 0 atom stereocenters. The molecule has 1 aliphatic carbocycles. The Bertz CT molecular complexity index is 6310. The quantitative estimate of drug-likeness (QED) is 0.120. The van der Waals surface area contributed by atoms with E-state index in [9.17, 15) is 0 Å². The normalized spacial score (nSPS) is 13.9. The maximum absolute atomic E-state index is 2.70. The third-order valence-corrected chi connectivity index (χ3v) is 27.9. The Morgan fingerprint density at radius 1 is 0.236 bits per heavy atom. The second-order valence-electron chi connectivity index (χ2n) is 45.7. The summed E-state index contributed by atoms with van der Waals surface area (Å²) in [5, 5.41) is 2.55. The molecule has 0 radical (unpaired) electrons. The fraction of sp³-hybridized carbons (Fsp3) is 0.285. The van der Waals surface area contributed by atoms with Crippen LogP contribution in [0.5, 0.6) is 0 Å². The van der Waals surface area contributed by atoms with Crippen LogP contribution < -0.4 is 31.1 Å². The number of fused-ring (bicyclic) bond motifs is 9. The van der Waals surface area contributed by atoms with Crippen molar-refractivity contribution in [2.45, 2.75) is 229 Å². The van der Waals surface area contributed by atoms with Crippen LogP contribution in [0.4, 0.5) is 51.2 Å². The molecular formula is C123H128BN3. The van der Waals surface area contributed by atoms with Crippen molar-refractivity contribution < 1.29 is 0 Å². The average Bonchev–Trinajstić information content (AvgIpc) is 1.08. The monoisotopic (exact) mass is 1660 g/mol. The molecule has 0 spiro atoms. The molecule has 0 unspecified atom stereocenters. The molecule has 0 saturated carbocycles. The lowest BCUT2D eigenvalue weighted by Gasteiger charge is -2.46. The maximum Gasteiger partial charge on any atom is 0.252 e. The smallest absolute Gasteiger partial charge is 0.252 e. The second-order valence-corrected chi connectivity index (χ2v) is 45.7. The van der Waals surface area contributed by atoms with E-state index in [0.717, 1.165) is 95.7 Å². The lowest BCUT2D eigenvalue weighted by molar-refractivity contribution is 0.590. The standard InChI is InChI=1S/C123H128BN3/c1-115(2,3)90-44-31-77(32-45-90)84-63-85(78-33-46-91(47-34-78)116(4,5)6)67-99(66-84)125(98-58-60-104-105-59-43-83-29-27-28-30-103(83)113(105)123(25,26)106(104)74-98)102-75-111-114-112(76-102)127(101-70-88(81-39-52-94(53-40-81)119(13,14)15)65-89(71-101)82-41-54-95(55-42-82)120(16,17)18)110-62-57-97(122(22,23)24)73-108(110)124(114)107-72-96(121(19,20)21)56-61-109(107)126(111)100-68-86(79-35-48-92(49-36-79)117(7,8)9)64-87(69-100)80-37-50-93(51-38-80)118(10,11)12/h27-76H,1-26H3. The number of nitrogens with zero attached hydrogens (tertiary/aromatic N) is 3. The van der Waals surface area contributed by atoms with Crippen LogP contribution in [-0.2, 0) is 48.7 Å². The number of hydrogen-bond acceptors (Lipinski definition) is 3. The molecule has 0 bridgehead atoms. The summed E-state index contributed by atoms with van der Waals surface area (Å²) in [5.74, 6) is 0. The van der Waals surface area contributed by atoms with Crippen LogP contribution in [0.1, 0.15) is 236 Å². The molecule has 0 N–H and O–H groups in total. The Kier molecular flexibility index (Phi) is 20.7. The highest BCUT2D eigenvalue weighted by Gasteiger charge is 2.47. The Balaban J connectivity index is 1.01. The first kappa shape index (κ1) is 85.8. The minimum absolute atomic E-state index is 0.0368. The van der Waals surface area contributed by atoms with Gasteiger partial charge in [0.25, 0.3) is 6.71 Å². The molecule has 18 rings (SSSR count). The van der Waals surface area contributed by atoms with Crippen LogP contribution in [0.3, 0.4) is 0 Å². The van der Waals surface area contributed by atoms with E-state index in [1.807, 2.05) is 0 Å². The third-order valence-electron chi connectivity index (χ3n) is 27.9. The van der Waals surface area contributed by atoms with Crippen molar-refractivity contribution in [1.82, 2.24) is 0 Å². The molecule has 2 aliphatic heterocycles. The summed E-state index contributed by atoms with van der Waals surface area (Å²) >= 11 is 0. The molecule has 15 aromatic rings. The zero-order chi connectivity index (χ0) is 90.1. The van der Waals surface area contributed by atoms with Gasteiger partial charge in [0, 0.05) is 50.9 Å². The molecule has 638 valence electrons. The van der Waals surface area contributed by atoms with E-state index in [4.69, 9.17) is 0 Å². The van der Waals surface area contributed by atoms with Gasteiger partial charge in [0.05, 0.1) is 5.69 Å². The highest BCUT2D eigenvalue weighted by Crippen LogP contribution is 2.57. The van der Waals surface area contributed by atoms with Crippen LogP contribution in [-0.4, -0.2) is 6.71 Å². The molecule has 0 amide bonds. The summed E-state index contributed by atoms with van der Waals surface area (Å²) in [5.41, 5.74) is 42.1. The van der Waals surface area contributed by atoms with Crippen molar-refractivity contribution in [3.8, 4) is 77.9 Å². The predicted octanol–water partition coefficient (Wildman–Crippen LogP) is 33.1. The van der Waals surface area contributed by atoms with Gasteiger partial charge in [-0.1, -0.05) is 392 Å². The third kappa shape index (κ3) is 16.0. The van der Waals surface area contributed by atoms with E-state index in [2.05, 4.69) is 498 Å². The van der Waals surface area contributed by atoms with Crippen molar-refractivity contribution in [2.75, 3.05) is 14.7 Å². The van der Waals surface area contributed by atoms with Gasteiger partial charge in [0.2, 0.25) is 0 Å². The molecule has 0 fully saturated rings. The van der Waals surface area contributed by atoms with Gasteiger partial charge in [-0.3, -0.25) is 0 Å². The number of rotatable bonds is 11. The highest BCUT2D eigenvalue weighted by molar-refractivity contribution is 7.00. The van der Waals surface area contributed by atoms with Crippen molar-refractivity contribution in [3.05, 3.63) is 359 Å². The average molecular weight is 1660 g/mol. The number of benzene rings is 15. The minimum atomic E-state index is -0.385. The van der Waals surface area contributed by atoms with E-state index in [1.54, 1.807) is 0 Å². The lowest BCUT2D eigenvalue weighted by atomic mass is 9.33. The minimum Gasteiger partial charge on any atom is -0.311 e. The molecule has 127 heavy (non-hydrogen) atoms. The van der Waals surface area contributed by atoms with Gasteiger partial charge in [-0.15, -0.1) is 0 Å². The molecular weight excluding hydrogens is 1530 g/mol. The van der Waals surface area contributed by atoms with Gasteiger partial charge in [-0.25, -0.2) is 0 Å². The Labute approximate surface area is 760 Å². The van der Waals surface area contributed by atoms with Crippen LogP contribution in [0.25, 0.3) is 88.7 Å². The summed E-state index contributed by atoms with van der Waals surface area (Å²) in [4.78, 5) is 8.06. The van der Waals surface area contributed by atoms with E-state index in [0.29, 0.717) is 0 Å². The van der Waals surface area contributed by atoms with E-state index in [-0.39, 0.29) is 55.4 Å². The van der Waals surface area contributed by atoms with Crippen molar-refractivity contribution >= 4 is 85.1 Å². The molecule has 2 heterocycles. The SMILES string of the molecule is CC(C)(C)c1ccc(-c2cc(-c3ccc(C(C)(C)C)cc3)cc(N(c3cc4c5c(c3)N(c3cc(-c6ccc(C(C)(C)C)cc6)cc(-c6ccc(C(C)(C)C)cc6)c3)c3ccc(C(C)(C)C)cc3B5c3cc(C(C)(C)C)ccc3N4c3cc(-c4ccc(C(C)(C)C)cc4)cc(-c4ccc(C(C)(C)C)cc4)c3)c3ccc4c(c3)C(C)(C)c3c-4ccc4ccccc34)c2)cc1. The zero-order valence-electron chi connectivity index (χ0n) is 80.3. The Hall–Kier alpha value is -12.0. The fourth-order valence-electron chi connectivity index (χ4n) is 20.0. The highest BCUT2D eigenvalue weighted by atomic mass is 15.2. The number of hydrogen-bond donors (Lipinski definition) is 0. The zero-order valence-corrected chi connectivity index (χ0v) is 80.3. The van der Waals surface area contributed by atoms with Gasteiger partial charge < -0.3 is 14.7 Å². The molecule has 3 aliphatic rings. The topological polar surface area (TPSA) is 9.72 Å². The molecule has 0 aromatic heterocycles. The Morgan fingerprint density at radius 2 is 0.528 bits per heavy atom. The Morgan fingerprint density at radius 3 is 0.850 bits per heavy atom. The molecule has 15 aromatic carbocycles. The van der Waals surface area contributed by atoms with E-state index in [1.165, 1.54) is 116 Å². The van der Waals surface area contributed by atoms with Gasteiger partial charge in [0.1, 0.15) is 0 Å². The first-order chi connectivity index (χ1) is 59.7. The lowest BCUT2D eigenvalue weighted by Crippen LogP contribution is -2.61. The van der Waals surface area contributed by atoms with Gasteiger partial charge in [-0.2, -0.15) is 0 Å². The van der Waals surface area contributed by atoms with Crippen molar-refractivity contribution in [3.63, 3.8) is 0 Å². The maximum atomic E-state index is 2.70. The number of anilines is 9. The van der Waals surface area contributed by atoms with Gasteiger partial charge >= 0.3 is 0 Å². The summed E-state index contributed by atoms with van der Waals surface area (Å²) < 4.78 is 0. The van der Waals surface area contributed by atoms with E-state index < -0.39 is 0 Å².